The van der Waals surface area contributed by atoms with Gasteiger partial charge in [-0.1, -0.05) is 35.4 Å². The molecule has 0 radical (unpaired) electrons. The minimum Gasteiger partial charge on any atom is -0.457 e. The van der Waals surface area contributed by atoms with E-state index >= 15 is 0 Å². The van der Waals surface area contributed by atoms with Crippen LogP contribution in [0.4, 0.5) is 0 Å². The summed E-state index contributed by atoms with van der Waals surface area (Å²) in [5.41, 5.74) is 0.686. The van der Waals surface area contributed by atoms with Gasteiger partial charge in [0.15, 0.2) is 0 Å². The van der Waals surface area contributed by atoms with Crippen LogP contribution in [0.5, 0.6) is 0 Å². The molecular weight excluding hydrogens is 284 g/mol. The van der Waals surface area contributed by atoms with Gasteiger partial charge in [-0.2, -0.15) is 0 Å². The van der Waals surface area contributed by atoms with Crippen LogP contribution in [0, 0.1) is 0 Å². The lowest BCUT2D eigenvalue weighted by atomic mass is 10.3. The third-order valence-electron chi connectivity index (χ3n) is 2.02. The lowest BCUT2D eigenvalue weighted by Crippen LogP contribution is -2.25. The summed E-state index contributed by atoms with van der Waals surface area (Å²) in [6.45, 7) is 14.0. The molecule has 2 unspecified atom stereocenters. The summed E-state index contributed by atoms with van der Waals surface area (Å²) < 4.78 is 15.4. The molecule has 132 valence electrons. The quantitative estimate of drug-likeness (QED) is 0.501. The topological polar surface area (TPSA) is 61.8 Å². The maximum atomic E-state index is 11.2. The maximum absolute atomic E-state index is 11.2. The Morgan fingerprint density at radius 1 is 0.818 bits per heavy atom. The third kappa shape index (κ3) is 13.4. The molecule has 5 nitrogen and oxygen atoms in total. The van der Waals surface area contributed by atoms with E-state index < -0.39 is 11.9 Å². The number of hydrogen-bond acceptors (Lipinski definition) is 5. The maximum Gasteiger partial charge on any atom is 0.333 e. The fourth-order valence-corrected chi connectivity index (χ4v) is 1.03. The highest BCUT2D eigenvalue weighted by Crippen LogP contribution is 2.02. The zero-order valence-corrected chi connectivity index (χ0v) is 12.0. The van der Waals surface area contributed by atoms with Gasteiger partial charge >= 0.3 is 11.9 Å². The van der Waals surface area contributed by atoms with Crippen molar-refractivity contribution in [1.29, 1.82) is 0 Å². The number of rotatable bonds is 8. The highest BCUT2D eigenvalue weighted by atomic mass is 16.6. The van der Waals surface area contributed by atoms with Crippen LogP contribution >= 0.6 is 0 Å². The summed E-state index contributed by atoms with van der Waals surface area (Å²) >= 11 is 0. The highest BCUT2D eigenvalue weighted by molar-refractivity contribution is 5.87. The monoisotopic (exact) mass is 318 g/mol. The van der Waals surface area contributed by atoms with E-state index in [1.807, 2.05) is 0 Å². The lowest BCUT2D eigenvalue weighted by Gasteiger charge is -2.16. The van der Waals surface area contributed by atoms with E-state index in [0.717, 1.165) is 0 Å². The Morgan fingerprint density at radius 2 is 1.09 bits per heavy atom. The Kier molecular flexibility index (Phi) is 18.6. The molecule has 0 N–H and O–H groups in total. The third-order valence-corrected chi connectivity index (χ3v) is 2.02. The Hall–Kier alpha value is -1.62. The van der Waals surface area contributed by atoms with Crippen LogP contribution in [0.3, 0.4) is 0 Å². The van der Waals surface area contributed by atoms with Gasteiger partial charge in [-0.05, 0) is 27.7 Å². The van der Waals surface area contributed by atoms with Gasteiger partial charge in [-0.3, -0.25) is 0 Å². The first-order valence-corrected chi connectivity index (χ1v) is 6.04. The first-order valence-electron chi connectivity index (χ1n) is 6.04. The van der Waals surface area contributed by atoms with Crippen LogP contribution < -0.4 is 0 Å². The van der Waals surface area contributed by atoms with E-state index in [0.29, 0.717) is 11.1 Å². The predicted octanol–water partition coefficient (Wildman–Crippen LogP) is 3.93. The Labute approximate surface area is 136 Å². The van der Waals surface area contributed by atoms with Crippen molar-refractivity contribution in [2.75, 3.05) is 13.2 Å². The fraction of sp³-hybridized carbons (Fsp3) is 0.647. The molecule has 0 aliphatic carbocycles. The van der Waals surface area contributed by atoms with Crippen LogP contribution in [-0.2, 0) is 23.8 Å². The highest BCUT2D eigenvalue weighted by Gasteiger charge is 2.13. The van der Waals surface area contributed by atoms with E-state index in [-0.39, 0.29) is 47.7 Å². The molecule has 0 spiro atoms. The summed E-state index contributed by atoms with van der Waals surface area (Å²) in [7, 11) is 0. The van der Waals surface area contributed by atoms with Crippen molar-refractivity contribution < 1.29 is 23.8 Å². The standard InChI is InChI=1S/C14H22O5.3CH4/c1-9(2)13(15)18-11(5)7-17-8-12(6)19-14(16)10(3)4;;;/h11-12H,1,3,7-8H2,2,4-6H3;3*1H4. The normalized spacial score (nSPS) is 11.5. The van der Waals surface area contributed by atoms with E-state index in [1.54, 1.807) is 27.7 Å². The molecule has 0 fully saturated rings. The first kappa shape index (κ1) is 28.5. The molecule has 22 heavy (non-hydrogen) atoms. The van der Waals surface area contributed by atoms with Crippen molar-refractivity contribution in [1.82, 2.24) is 0 Å². The van der Waals surface area contributed by atoms with Gasteiger partial charge in [-0.25, -0.2) is 9.59 Å². The van der Waals surface area contributed by atoms with Crippen LogP contribution in [0.1, 0.15) is 50.0 Å². The summed E-state index contributed by atoms with van der Waals surface area (Å²) in [5, 5.41) is 0. The van der Waals surface area contributed by atoms with Gasteiger partial charge < -0.3 is 14.2 Å². The summed E-state index contributed by atoms with van der Waals surface area (Å²) in [4.78, 5) is 22.4. The van der Waals surface area contributed by atoms with Crippen molar-refractivity contribution in [3.63, 3.8) is 0 Å². The molecule has 0 amide bonds. The average molecular weight is 318 g/mol. The van der Waals surface area contributed by atoms with Crippen LogP contribution in [0.25, 0.3) is 0 Å². The van der Waals surface area contributed by atoms with E-state index in [4.69, 9.17) is 14.2 Å². The second-order valence-electron chi connectivity index (χ2n) is 4.53. The number of hydrogen-bond donors (Lipinski definition) is 0. The molecule has 0 rings (SSSR count). The molecule has 2 atom stereocenters. The van der Waals surface area contributed by atoms with Gasteiger partial charge in [-0.15, -0.1) is 0 Å². The Morgan fingerprint density at radius 3 is 1.32 bits per heavy atom. The molecule has 5 heteroatoms. The molecule has 0 aliphatic rings. The van der Waals surface area contributed by atoms with Gasteiger partial charge in [0.05, 0.1) is 13.2 Å². The zero-order valence-electron chi connectivity index (χ0n) is 12.0. The first-order chi connectivity index (χ1) is 8.73. The molecule has 0 saturated carbocycles. The lowest BCUT2D eigenvalue weighted by molar-refractivity contribution is -0.149. The number of carbonyl (C=O) groups excluding carboxylic acids is 2. The number of esters is 2. The molecule has 0 aromatic rings. The second-order valence-corrected chi connectivity index (χ2v) is 4.53. The summed E-state index contributed by atoms with van der Waals surface area (Å²) in [5.74, 6) is -0.893. The molecule has 0 saturated heterocycles. The van der Waals surface area contributed by atoms with Crippen molar-refractivity contribution in [3.8, 4) is 0 Å². The Bertz CT molecular complexity index is 326. The molecule has 0 bridgehead atoms. The van der Waals surface area contributed by atoms with Crippen LogP contribution in [0.2, 0.25) is 0 Å². The average Bonchev–Trinajstić information content (AvgIpc) is 2.28. The number of ether oxygens (including phenoxy) is 3. The molecule has 0 aromatic carbocycles. The van der Waals surface area contributed by atoms with Gasteiger partial charge in [0.1, 0.15) is 12.2 Å². The molecule has 0 aliphatic heterocycles. The molecular formula is C17H34O5. The minimum absolute atomic E-state index is 0. The van der Waals surface area contributed by atoms with E-state index in [2.05, 4.69) is 13.2 Å². The summed E-state index contributed by atoms with van der Waals surface area (Å²) in [6.07, 6.45) is -0.763. The zero-order chi connectivity index (χ0) is 15.0. The van der Waals surface area contributed by atoms with Crippen molar-refractivity contribution in [3.05, 3.63) is 24.3 Å². The SMILES string of the molecule is C.C.C.C=C(C)C(=O)OC(C)COCC(C)OC(=O)C(=C)C. The van der Waals surface area contributed by atoms with Crippen molar-refractivity contribution in [2.45, 2.75) is 62.2 Å². The molecule has 0 aromatic heterocycles. The Balaban J connectivity index is -0.000000540. The van der Waals surface area contributed by atoms with Gasteiger partial charge in [0, 0.05) is 11.1 Å². The smallest absolute Gasteiger partial charge is 0.333 e. The fourth-order valence-electron chi connectivity index (χ4n) is 1.03. The van der Waals surface area contributed by atoms with Gasteiger partial charge in [0.25, 0.3) is 0 Å². The van der Waals surface area contributed by atoms with Gasteiger partial charge in [0.2, 0.25) is 0 Å². The van der Waals surface area contributed by atoms with Crippen LogP contribution in [0.15, 0.2) is 24.3 Å². The molecule has 0 heterocycles. The van der Waals surface area contributed by atoms with Crippen molar-refractivity contribution in [2.24, 2.45) is 0 Å². The van der Waals surface area contributed by atoms with Crippen LogP contribution in [-0.4, -0.2) is 37.4 Å². The van der Waals surface area contributed by atoms with E-state index in [9.17, 15) is 9.59 Å². The number of carbonyl (C=O) groups is 2. The largest absolute Gasteiger partial charge is 0.457 e. The second kappa shape index (κ2) is 14.3. The van der Waals surface area contributed by atoms with Crippen molar-refractivity contribution >= 4 is 11.9 Å². The van der Waals surface area contributed by atoms with E-state index in [1.165, 1.54) is 0 Å². The predicted molar refractivity (Wildman–Crippen MR) is 91.7 cm³/mol. The minimum atomic E-state index is -0.446. The summed E-state index contributed by atoms with van der Waals surface area (Å²) in [6, 6.07) is 0.